The van der Waals surface area contributed by atoms with Gasteiger partial charge in [0.15, 0.2) is 5.78 Å². The molecule has 27 heavy (non-hydrogen) atoms. The summed E-state index contributed by atoms with van der Waals surface area (Å²) >= 11 is 0. The van der Waals surface area contributed by atoms with Crippen molar-refractivity contribution in [1.29, 1.82) is 0 Å². The highest BCUT2D eigenvalue weighted by atomic mass is 16.5. The number of Topliss-reactive ketones (excluding diaryl/α,β-unsaturated/α-hetero) is 1. The largest absolute Gasteiger partial charge is 0.457 e. The molecule has 2 aromatic carbocycles. The Hall–Kier alpha value is -2.66. The number of hydrogen-bond donors (Lipinski definition) is 1. The van der Waals surface area contributed by atoms with Crippen LogP contribution in [0.5, 0.6) is 11.5 Å². The number of carbonyl (C=O) groups is 2. The van der Waals surface area contributed by atoms with E-state index in [0.29, 0.717) is 28.5 Å². The molecule has 1 atom stereocenters. The molecule has 5 heteroatoms. The number of ether oxygens (including phenoxy) is 1. The minimum absolute atomic E-state index is 0.0221. The van der Waals surface area contributed by atoms with E-state index in [1.165, 1.54) is 19.8 Å². The summed E-state index contributed by atoms with van der Waals surface area (Å²) in [5, 5.41) is 3.20. The van der Waals surface area contributed by atoms with Crippen LogP contribution in [-0.4, -0.2) is 42.3 Å². The van der Waals surface area contributed by atoms with Crippen LogP contribution in [-0.2, 0) is 0 Å². The molecule has 2 aromatic rings. The molecule has 1 N–H and O–H groups in total. The number of fused-ring (bicyclic) bond motifs is 3. The van der Waals surface area contributed by atoms with Crippen LogP contribution in [0.3, 0.4) is 0 Å². The van der Waals surface area contributed by atoms with Crippen molar-refractivity contribution < 1.29 is 14.3 Å². The van der Waals surface area contributed by atoms with Crippen LogP contribution in [0.2, 0.25) is 0 Å². The van der Waals surface area contributed by atoms with Crippen molar-refractivity contribution in [1.82, 2.24) is 10.2 Å². The summed E-state index contributed by atoms with van der Waals surface area (Å²) in [6, 6.07) is 14.5. The zero-order chi connectivity index (χ0) is 18.8. The van der Waals surface area contributed by atoms with Crippen molar-refractivity contribution in [2.24, 2.45) is 5.92 Å². The van der Waals surface area contributed by atoms with E-state index in [4.69, 9.17) is 4.74 Å². The summed E-state index contributed by atoms with van der Waals surface area (Å²) in [5.74, 6) is 1.93. The maximum Gasteiger partial charge on any atom is 0.251 e. The Morgan fingerprint density at radius 3 is 1.96 bits per heavy atom. The maximum atomic E-state index is 12.6. The second-order valence-electron chi connectivity index (χ2n) is 7.42. The Kier molecular flexibility index (Phi) is 4.94. The SMILES string of the molecule is CC(=O)c1ccc(Oc2ccc(C(=O)NC3CN4CCC3CC4)cc2)cc1. The average Bonchev–Trinajstić information content (AvgIpc) is 2.70. The molecule has 3 heterocycles. The van der Waals surface area contributed by atoms with Gasteiger partial charge in [-0.2, -0.15) is 0 Å². The molecular weight excluding hydrogens is 340 g/mol. The molecular formula is C22H24N2O3. The Bertz CT molecular complexity index is 822. The van der Waals surface area contributed by atoms with E-state index < -0.39 is 0 Å². The molecule has 5 nitrogen and oxygen atoms in total. The number of nitrogens with one attached hydrogen (secondary N) is 1. The van der Waals surface area contributed by atoms with Gasteiger partial charge in [-0.05, 0) is 87.3 Å². The van der Waals surface area contributed by atoms with Crippen LogP contribution in [0.25, 0.3) is 0 Å². The number of benzene rings is 2. The average molecular weight is 364 g/mol. The Morgan fingerprint density at radius 2 is 1.48 bits per heavy atom. The predicted molar refractivity (Wildman–Crippen MR) is 103 cm³/mol. The fourth-order valence-electron chi connectivity index (χ4n) is 3.95. The van der Waals surface area contributed by atoms with Crippen LogP contribution in [0.15, 0.2) is 48.5 Å². The molecule has 140 valence electrons. The zero-order valence-corrected chi connectivity index (χ0v) is 15.5. The van der Waals surface area contributed by atoms with Gasteiger partial charge in [0, 0.05) is 23.7 Å². The number of piperidine rings is 3. The maximum absolute atomic E-state index is 12.6. The van der Waals surface area contributed by atoms with Crippen molar-refractivity contribution in [3.63, 3.8) is 0 Å². The van der Waals surface area contributed by atoms with Gasteiger partial charge in [0.1, 0.15) is 11.5 Å². The highest BCUT2D eigenvalue weighted by molar-refractivity contribution is 5.94. The van der Waals surface area contributed by atoms with Crippen molar-refractivity contribution in [3.05, 3.63) is 59.7 Å². The highest BCUT2D eigenvalue weighted by Gasteiger charge is 2.34. The first-order valence-electron chi connectivity index (χ1n) is 9.50. The lowest BCUT2D eigenvalue weighted by Gasteiger charge is -2.44. The van der Waals surface area contributed by atoms with E-state index in [0.717, 1.165) is 19.6 Å². The minimum Gasteiger partial charge on any atom is -0.457 e. The zero-order valence-electron chi connectivity index (χ0n) is 15.5. The predicted octanol–water partition coefficient (Wildman–Crippen LogP) is 3.51. The van der Waals surface area contributed by atoms with Gasteiger partial charge in [-0.3, -0.25) is 9.59 Å². The summed E-state index contributed by atoms with van der Waals surface area (Å²) < 4.78 is 5.79. The molecule has 3 aliphatic heterocycles. The Morgan fingerprint density at radius 1 is 0.926 bits per heavy atom. The minimum atomic E-state index is -0.0221. The first-order chi connectivity index (χ1) is 13.1. The van der Waals surface area contributed by atoms with E-state index in [1.54, 1.807) is 48.5 Å². The topological polar surface area (TPSA) is 58.6 Å². The van der Waals surface area contributed by atoms with Crippen molar-refractivity contribution in [2.75, 3.05) is 19.6 Å². The van der Waals surface area contributed by atoms with Crippen molar-refractivity contribution in [3.8, 4) is 11.5 Å². The molecule has 1 unspecified atom stereocenters. The fraction of sp³-hybridized carbons (Fsp3) is 0.364. The van der Waals surface area contributed by atoms with Crippen molar-refractivity contribution >= 4 is 11.7 Å². The number of rotatable bonds is 5. The van der Waals surface area contributed by atoms with Crippen LogP contribution in [0, 0.1) is 5.92 Å². The summed E-state index contributed by atoms with van der Waals surface area (Å²) in [4.78, 5) is 26.3. The molecule has 0 radical (unpaired) electrons. The van der Waals surface area contributed by atoms with E-state index in [9.17, 15) is 9.59 Å². The second-order valence-corrected chi connectivity index (χ2v) is 7.42. The molecule has 3 fully saturated rings. The molecule has 0 spiro atoms. The lowest BCUT2D eigenvalue weighted by Crippen LogP contribution is -2.57. The quantitative estimate of drug-likeness (QED) is 0.825. The van der Waals surface area contributed by atoms with Gasteiger partial charge in [-0.1, -0.05) is 0 Å². The van der Waals surface area contributed by atoms with Crippen LogP contribution in [0.1, 0.15) is 40.5 Å². The van der Waals surface area contributed by atoms with Gasteiger partial charge < -0.3 is 15.0 Å². The lowest BCUT2D eigenvalue weighted by molar-refractivity contribution is 0.0620. The van der Waals surface area contributed by atoms with Gasteiger partial charge in [-0.25, -0.2) is 0 Å². The third-order valence-electron chi connectivity index (χ3n) is 5.59. The third kappa shape index (κ3) is 4.03. The number of carbonyl (C=O) groups excluding carboxylic acids is 2. The van der Waals surface area contributed by atoms with Gasteiger partial charge in [0.05, 0.1) is 0 Å². The van der Waals surface area contributed by atoms with Crippen LogP contribution >= 0.6 is 0 Å². The number of amides is 1. The Labute approximate surface area is 159 Å². The van der Waals surface area contributed by atoms with Gasteiger partial charge >= 0.3 is 0 Å². The summed E-state index contributed by atoms with van der Waals surface area (Å²) in [7, 11) is 0. The smallest absolute Gasteiger partial charge is 0.251 e. The standard InChI is InChI=1S/C22H24N2O3/c1-15(25)16-2-6-19(7-3-16)27-20-8-4-18(5-9-20)22(26)23-21-14-24-12-10-17(21)11-13-24/h2-9,17,21H,10-14H2,1H3,(H,23,26). The van der Waals surface area contributed by atoms with Crippen LogP contribution < -0.4 is 10.1 Å². The first kappa shape index (κ1) is 17.7. The van der Waals surface area contributed by atoms with Gasteiger partial charge in [0.2, 0.25) is 0 Å². The van der Waals surface area contributed by atoms with E-state index in [1.807, 2.05) is 0 Å². The first-order valence-corrected chi connectivity index (χ1v) is 9.50. The Balaban J connectivity index is 1.36. The highest BCUT2D eigenvalue weighted by Crippen LogP contribution is 2.28. The number of ketones is 1. The van der Waals surface area contributed by atoms with Crippen LogP contribution in [0.4, 0.5) is 0 Å². The molecule has 2 bridgehead atoms. The fourth-order valence-corrected chi connectivity index (χ4v) is 3.95. The molecule has 0 saturated carbocycles. The van der Waals surface area contributed by atoms with Gasteiger partial charge in [-0.15, -0.1) is 0 Å². The molecule has 5 rings (SSSR count). The monoisotopic (exact) mass is 364 g/mol. The summed E-state index contributed by atoms with van der Waals surface area (Å²) in [6.45, 7) is 4.83. The number of hydrogen-bond acceptors (Lipinski definition) is 4. The molecule has 0 aliphatic carbocycles. The molecule has 3 aliphatic rings. The number of nitrogens with zero attached hydrogens (tertiary/aromatic N) is 1. The van der Waals surface area contributed by atoms with E-state index in [2.05, 4.69) is 10.2 Å². The normalized spacial score (nSPS) is 23.7. The molecule has 1 amide bonds. The van der Waals surface area contributed by atoms with E-state index >= 15 is 0 Å². The van der Waals surface area contributed by atoms with E-state index in [-0.39, 0.29) is 17.7 Å². The summed E-state index contributed by atoms with van der Waals surface area (Å²) in [6.07, 6.45) is 2.36. The lowest BCUT2D eigenvalue weighted by atomic mass is 9.84. The molecule has 0 aromatic heterocycles. The third-order valence-corrected chi connectivity index (χ3v) is 5.59. The van der Waals surface area contributed by atoms with Crippen molar-refractivity contribution in [2.45, 2.75) is 25.8 Å². The van der Waals surface area contributed by atoms with Gasteiger partial charge in [0.25, 0.3) is 5.91 Å². The molecule has 3 saturated heterocycles. The summed E-state index contributed by atoms with van der Waals surface area (Å²) in [5.41, 5.74) is 1.30. The second kappa shape index (κ2) is 7.53.